The summed E-state index contributed by atoms with van der Waals surface area (Å²) in [4.78, 5) is 2.24. The van der Waals surface area contributed by atoms with Gasteiger partial charge >= 0.3 is 0 Å². The summed E-state index contributed by atoms with van der Waals surface area (Å²) in [6.07, 6.45) is 3.97. The Morgan fingerprint density at radius 2 is 2.05 bits per heavy atom. The van der Waals surface area contributed by atoms with Gasteiger partial charge in [-0.25, -0.2) is 0 Å². The van der Waals surface area contributed by atoms with E-state index in [1.807, 2.05) is 35.1 Å². The fraction of sp³-hybridized carbons (Fsp3) is 0.400. The topological polar surface area (TPSA) is 47.1 Å². The van der Waals surface area contributed by atoms with Gasteiger partial charge in [-0.15, -0.1) is 0 Å². The van der Waals surface area contributed by atoms with Gasteiger partial charge in [0.25, 0.3) is 0 Å². The molecule has 0 bridgehead atoms. The molecule has 2 aromatic rings. The van der Waals surface area contributed by atoms with Gasteiger partial charge in [0.15, 0.2) is 0 Å². The molecule has 2 N–H and O–H groups in total. The second-order valence-corrected chi connectivity index (χ2v) is 5.36. The Morgan fingerprint density at radius 1 is 1.35 bits per heavy atom. The highest BCUT2D eigenvalue weighted by Gasteiger charge is 2.17. The van der Waals surface area contributed by atoms with Crippen LogP contribution in [0.5, 0.6) is 0 Å². The van der Waals surface area contributed by atoms with Crippen LogP contribution in [0.15, 0.2) is 36.7 Å². The standard InChI is InChI=1S/C15H21ClN4/c1-3-20-11-13(9-18-20)15(8-17)19(2)10-12-4-6-14(16)7-5-12/h4-7,9,11,15H,3,8,10,17H2,1-2H3. The zero-order valence-electron chi connectivity index (χ0n) is 12.0. The molecule has 0 saturated heterocycles. The number of halogens is 1. The molecule has 0 aliphatic carbocycles. The van der Waals surface area contributed by atoms with Crippen LogP contribution in [0.25, 0.3) is 0 Å². The van der Waals surface area contributed by atoms with Gasteiger partial charge in [-0.3, -0.25) is 9.58 Å². The van der Waals surface area contributed by atoms with Crippen molar-refractivity contribution in [2.45, 2.75) is 26.1 Å². The molecular formula is C15H21ClN4. The van der Waals surface area contributed by atoms with E-state index < -0.39 is 0 Å². The van der Waals surface area contributed by atoms with Gasteiger partial charge in [-0.1, -0.05) is 23.7 Å². The molecule has 0 fully saturated rings. The molecule has 1 aromatic heterocycles. The number of rotatable bonds is 6. The smallest absolute Gasteiger partial charge is 0.0538 e. The fourth-order valence-corrected chi connectivity index (χ4v) is 2.41. The lowest BCUT2D eigenvalue weighted by Crippen LogP contribution is -2.29. The number of hydrogen-bond acceptors (Lipinski definition) is 3. The monoisotopic (exact) mass is 292 g/mol. The van der Waals surface area contributed by atoms with Gasteiger partial charge in [0.2, 0.25) is 0 Å². The minimum absolute atomic E-state index is 0.172. The average molecular weight is 293 g/mol. The quantitative estimate of drug-likeness (QED) is 0.890. The van der Waals surface area contributed by atoms with E-state index in [2.05, 4.69) is 30.2 Å². The van der Waals surface area contributed by atoms with E-state index >= 15 is 0 Å². The number of aromatic nitrogens is 2. The number of hydrogen-bond donors (Lipinski definition) is 1. The van der Waals surface area contributed by atoms with Crippen LogP contribution in [0.2, 0.25) is 5.02 Å². The molecule has 0 amide bonds. The Labute approximate surface area is 125 Å². The van der Waals surface area contributed by atoms with Gasteiger partial charge in [0, 0.05) is 36.4 Å². The van der Waals surface area contributed by atoms with E-state index in [-0.39, 0.29) is 6.04 Å². The maximum atomic E-state index is 5.93. The van der Waals surface area contributed by atoms with Gasteiger partial charge < -0.3 is 5.73 Å². The first-order valence-electron chi connectivity index (χ1n) is 6.81. The Kier molecular flexibility index (Phi) is 5.17. The second-order valence-electron chi connectivity index (χ2n) is 4.92. The van der Waals surface area contributed by atoms with Crippen LogP contribution in [0.1, 0.15) is 24.1 Å². The van der Waals surface area contributed by atoms with Crippen LogP contribution in [0.4, 0.5) is 0 Å². The van der Waals surface area contributed by atoms with Gasteiger partial charge in [-0.2, -0.15) is 5.10 Å². The lowest BCUT2D eigenvalue weighted by atomic mass is 10.1. The predicted molar refractivity (Wildman–Crippen MR) is 82.6 cm³/mol. The minimum Gasteiger partial charge on any atom is -0.329 e. The van der Waals surface area contributed by atoms with Crippen LogP contribution in [0.3, 0.4) is 0 Å². The largest absolute Gasteiger partial charge is 0.329 e. The number of likely N-dealkylation sites (N-methyl/N-ethyl adjacent to an activating group) is 1. The van der Waals surface area contributed by atoms with Crippen molar-refractivity contribution in [3.05, 3.63) is 52.8 Å². The average Bonchev–Trinajstić information content (AvgIpc) is 2.91. The van der Waals surface area contributed by atoms with Crippen LogP contribution in [-0.4, -0.2) is 28.3 Å². The van der Waals surface area contributed by atoms with E-state index in [0.29, 0.717) is 6.54 Å². The third-order valence-electron chi connectivity index (χ3n) is 3.46. The van der Waals surface area contributed by atoms with Crippen molar-refractivity contribution in [3.8, 4) is 0 Å². The molecule has 1 atom stereocenters. The number of benzene rings is 1. The van der Waals surface area contributed by atoms with Crippen molar-refractivity contribution in [1.29, 1.82) is 0 Å². The van der Waals surface area contributed by atoms with Crippen molar-refractivity contribution in [2.24, 2.45) is 5.73 Å². The summed E-state index contributed by atoms with van der Waals surface area (Å²) in [5.41, 5.74) is 8.31. The summed E-state index contributed by atoms with van der Waals surface area (Å²) in [6.45, 7) is 4.35. The molecule has 0 spiro atoms. The van der Waals surface area contributed by atoms with E-state index in [9.17, 15) is 0 Å². The van der Waals surface area contributed by atoms with E-state index in [1.54, 1.807) is 0 Å². The van der Waals surface area contributed by atoms with E-state index in [1.165, 1.54) is 5.56 Å². The molecule has 1 unspecified atom stereocenters. The molecule has 5 heteroatoms. The van der Waals surface area contributed by atoms with Crippen molar-refractivity contribution in [3.63, 3.8) is 0 Å². The Hall–Kier alpha value is -1.36. The van der Waals surface area contributed by atoms with Crippen LogP contribution in [0, 0.1) is 0 Å². The summed E-state index contributed by atoms with van der Waals surface area (Å²) < 4.78 is 1.92. The maximum Gasteiger partial charge on any atom is 0.0538 e. The Morgan fingerprint density at radius 3 is 2.60 bits per heavy atom. The summed E-state index contributed by atoms with van der Waals surface area (Å²) in [7, 11) is 2.08. The van der Waals surface area contributed by atoms with Gasteiger partial charge in [-0.05, 0) is 31.7 Å². The third-order valence-corrected chi connectivity index (χ3v) is 3.71. The Bertz CT molecular complexity index is 535. The van der Waals surface area contributed by atoms with Crippen molar-refractivity contribution >= 4 is 11.6 Å². The normalized spacial score (nSPS) is 12.8. The minimum atomic E-state index is 0.172. The molecule has 108 valence electrons. The molecular weight excluding hydrogens is 272 g/mol. The zero-order chi connectivity index (χ0) is 14.5. The van der Waals surface area contributed by atoms with Gasteiger partial charge in [0.1, 0.15) is 0 Å². The lowest BCUT2D eigenvalue weighted by Gasteiger charge is -2.26. The molecule has 1 heterocycles. The molecule has 0 aliphatic heterocycles. The van der Waals surface area contributed by atoms with Crippen LogP contribution < -0.4 is 5.73 Å². The maximum absolute atomic E-state index is 5.93. The fourth-order valence-electron chi connectivity index (χ4n) is 2.28. The molecule has 20 heavy (non-hydrogen) atoms. The molecule has 2 rings (SSSR count). The van der Waals surface area contributed by atoms with Crippen molar-refractivity contribution in [2.75, 3.05) is 13.6 Å². The van der Waals surface area contributed by atoms with Crippen LogP contribution >= 0.6 is 11.6 Å². The summed E-state index contributed by atoms with van der Waals surface area (Å²) in [6, 6.07) is 8.09. The molecule has 1 aromatic carbocycles. The first-order chi connectivity index (χ1) is 9.63. The first kappa shape index (κ1) is 15.0. The third kappa shape index (κ3) is 3.60. The van der Waals surface area contributed by atoms with E-state index in [4.69, 9.17) is 17.3 Å². The molecule has 0 aliphatic rings. The molecule has 4 nitrogen and oxygen atoms in total. The van der Waals surface area contributed by atoms with Gasteiger partial charge in [0.05, 0.1) is 12.2 Å². The van der Waals surface area contributed by atoms with E-state index in [0.717, 1.165) is 23.7 Å². The highest BCUT2D eigenvalue weighted by Crippen LogP contribution is 2.20. The summed E-state index contributed by atoms with van der Waals surface area (Å²) >= 11 is 5.91. The number of nitrogens with zero attached hydrogens (tertiary/aromatic N) is 3. The van der Waals surface area contributed by atoms with Crippen molar-refractivity contribution < 1.29 is 0 Å². The molecule has 0 saturated carbocycles. The number of aryl methyl sites for hydroxylation is 1. The highest BCUT2D eigenvalue weighted by atomic mass is 35.5. The Balaban J connectivity index is 2.08. The predicted octanol–water partition coefficient (Wildman–Crippen LogP) is 2.69. The zero-order valence-corrected chi connectivity index (χ0v) is 12.7. The highest BCUT2D eigenvalue weighted by molar-refractivity contribution is 6.30. The summed E-state index contributed by atoms with van der Waals surface area (Å²) in [5, 5.41) is 5.08. The second kappa shape index (κ2) is 6.88. The van der Waals surface area contributed by atoms with Crippen molar-refractivity contribution in [1.82, 2.24) is 14.7 Å². The molecule has 0 radical (unpaired) electrons. The summed E-state index contributed by atoms with van der Waals surface area (Å²) in [5.74, 6) is 0. The van der Waals surface area contributed by atoms with Crippen LogP contribution in [-0.2, 0) is 13.1 Å². The first-order valence-corrected chi connectivity index (χ1v) is 7.19. The lowest BCUT2D eigenvalue weighted by molar-refractivity contribution is 0.241. The number of nitrogens with two attached hydrogens (primary N) is 1. The SMILES string of the molecule is CCn1cc(C(CN)N(C)Cc2ccc(Cl)cc2)cn1.